The van der Waals surface area contributed by atoms with Gasteiger partial charge in [0.2, 0.25) is 11.7 Å². The van der Waals surface area contributed by atoms with E-state index in [4.69, 9.17) is 10.3 Å². The molecule has 0 aliphatic rings. The van der Waals surface area contributed by atoms with E-state index in [0.29, 0.717) is 42.1 Å². The van der Waals surface area contributed by atoms with Gasteiger partial charge in [0.05, 0.1) is 0 Å². The Hall–Kier alpha value is -1.75. The van der Waals surface area contributed by atoms with Crippen LogP contribution in [0.3, 0.4) is 0 Å². The van der Waals surface area contributed by atoms with Crippen LogP contribution in [0.25, 0.3) is 11.4 Å². The lowest BCUT2D eigenvalue weighted by atomic mass is 9.94. The Labute approximate surface area is 124 Å². The van der Waals surface area contributed by atoms with Crippen LogP contribution in [0.1, 0.15) is 31.7 Å². The van der Waals surface area contributed by atoms with E-state index in [0.717, 1.165) is 12.0 Å². The Morgan fingerprint density at radius 1 is 1.29 bits per heavy atom. The van der Waals surface area contributed by atoms with E-state index in [9.17, 15) is 4.39 Å². The molecule has 0 bridgehead atoms. The molecule has 0 amide bonds. The van der Waals surface area contributed by atoms with Gasteiger partial charge < -0.3 is 10.3 Å². The molecule has 0 radical (unpaired) electrons. The predicted octanol–water partition coefficient (Wildman–Crippen LogP) is 3.35. The second-order valence-corrected chi connectivity index (χ2v) is 5.96. The minimum absolute atomic E-state index is 0.295. The van der Waals surface area contributed by atoms with Crippen LogP contribution in [0.15, 0.2) is 22.7 Å². The van der Waals surface area contributed by atoms with E-state index in [1.165, 1.54) is 12.1 Å². The van der Waals surface area contributed by atoms with Crippen molar-refractivity contribution in [2.24, 2.45) is 17.6 Å². The van der Waals surface area contributed by atoms with Gasteiger partial charge in [-0.1, -0.05) is 19.0 Å². The Kier molecular flexibility index (Phi) is 5.07. The number of nitrogens with zero attached hydrogens (tertiary/aromatic N) is 2. The van der Waals surface area contributed by atoms with Crippen LogP contribution < -0.4 is 5.73 Å². The Balaban J connectivity index is 2.13. The molecule has 21 heavy (non-hydrogen) atoms. The largest absolute Gasteiger partial charge is 0.339 e. The molecule has 0 fully saturated rings. The third-order valence-electron chi connectivity index (χ3n) is 3.37. The van der Waals surface area contributed by atoms with Crippen LogP contribution in [0, 0.1) is 24.6 Å². The summed E-state index contributed by atoms with van der Waals surface area (Å²) in [6, 6.07) is 4.72. The van der Waals surface area contributed by atoms with E-state index in [1.54, 1.807) is 0 Å². The fourth-order valence-electron chi connectivity index (χ4n) is 2.50. The summed E-state index contributed by atoms with van der Waals surface area (Å²) in [6.45, 7) is 6.75. The smallest absolute Gasteiger partial charge is 0.227 e. The molecule has 0 saturated carbocycles. The predicted molar refractivity (Wildman–Crippen MR) is 80.1 cm³/mol. The first-order valence-corrected chi connectivity index (χ1v) is 7.28. The van der Waals surface area contributed by atoms with Gasteiger partial charge in [-0.25, -0.2) is 4.39 Å². The highest BCUT2D eigenvalue weighted by atomic mass is 19.1. The molecule has 2 N–H and O–H groups in total. The summed E-state index contributed by atoms with van der Waals surface area (Å²) in [4.78, 5) is 4.36. The maximum atomic E-state index is 13.4. The minimum Gasteiger partial charge on any atom is -0.339 e. The van der Waals surface area contributed by atoms with Crippen LogP contribution in [0.4, 0.5) is 4.39 Å². The minimum atomic E-state index is -0.295. The average molecular weight is 291 g/mol. The summed E-state index contributed by atoms with van der Waals surface area (Å²) in [5.74, 6) is 1.59. The molecule has 4 nitrogen and oxygen atoms in total. The Bertz CT molecular complexity index is 575. The highest BCUT2D eigenvalue weighted by Gasteiger charge is 2.16. The van der Waals surface area contributed by atoms with E-state index in [2.05, 4.69) is 24.0 Å². The molecule has 2 aromatic rings. The number of hydrogen-bond acceptors (Lipinski definition) is 4. The normalized spacial score (nSPS) is 12.9. The van der Waals surface area contributed by atoms with Gasteiger partial charge in [0.25, 0.3) is 0 Å². The lowest BCUT2D eigenvalue weighted by Gasteiger charge is -2.14. The van der Waals surface area contributed by atoms with Crippen LogP contribution in [-0.4, -0.2) is 16.7 Å². The van der Waals surface area contributed by atoms with Gasteiger partial charge in [-0.2, -0.15) is 4.98 Å². The molecule has 2 rings (SSSR count). The quantitative estimate of drug-likeness (QED) is 0.886. The van der Waals surface area contributed by atoms with Crippen molar-refractivity contribution >= 4 is 0 Å². The van der Waals surface area contributed by atoms with E-state index < -0.39 is 0 Å². The molecule has 1 atom stereocenters. The van der Waals surface area contributed by atoms with Gasteiger partial charge >= 0.3 is 0 Å². The molecule has 114 valence electrons. The third kappa shape index (κ3) is 4.36. The van der Waals surface area contributed by atoms with Crippen molar-refractivity contribution in [1.29, 1.82) is 0 Å². The molecule has 1 aromatic carbocycles. The zero-order chi connectivity index (χ0) is 15.4. The van der Waals surface area contributed by atoms with Crippen molar-refractivity contribution in [2.45, 2.75) is 33.6 Å². The lowest BCUT2D eigenvalue weighted by Crippen LogP contribution is -2.19. The van der Waals surface area contributed by atoms with Crippen LogP contribution in [0.5, 0.6) is 0 Å². The van der Waals surface area contributed by atoms with Gasteiger partial charge in [-0.3, -0.25) is 0 Å². The fourth-order valence-corrected chi connectivity index (χ4v) is 2.50. The zero-order valence-corrected chi connectivity index (χ0v) is 12.8. The van der Waals surface area contributed by atoms with Gasteiger partial charge in [0.15, 0.2) is 0 Å². The molecule has 0 unspecified atom stereocenters. The van der Waals surface area contributed by atoms with Crippen LogP contribution in [0.2, 0.25) is 0 Å². The first kappa shape index (κ1) is 15.6. The van der Waals surface area contributed by atoms with Gasteiger partial charge in [-0.05, 0) is 55.5 Å². The van der Waals surface area contributed by atoms with Crippen molar-refractivity contribution in [1.82, 2.24) is 10.1 Å². The number of aromatic nitrogens is 2. The summed E-state index contributed by atoms with van der Waals surface area (Å²) in [5, 5.41) is 3.94. The van der Waals surface area contributed by atoms with E-state index >= 15 is 0 Å². The number of nitrogens with two attached hydrogens (primary N) is 1. The second-order valence-electron chi connectivity index (χ2n) is 5.96. The topological polar surface area (TPSA) is 64.9 Å². The first-order valence-electron chi connectivity index (χ1n) is 7.28. The zero-order valence-electron chi connectivity index (χ0n) is 12.8. The van der Waals surface area contributed by atoms with Gasteiger partial charge in [0, 0.05) is 12.0 Å². The van der Waals surface area contributed by atoms with E-state index in [-0.39, 0.29) is 5.82 Å². The Morgan fingerprint density at radius 3 is 2.67 bits per heavy atom. The lowest BCUT2D eigenvalue weighted by molar-refractivity contribution is 0.332. The van der Waals surface area contributed by atoms with E-state index in [1.807, 2.05) is 13.0 Å². The van der Waals surface area contributed by atoms with Crippen molar-refractivity contribution < 1.29 is 8.91 Å². The molecular formula is C16H22FN3O. The summed E-state index contributed by atoms with van der Waals surface area (Å²) in [6.07, 6.45) is 1.68. The summed E-state index contributed by atoms with van der Waals surface area (Å²) >= 11 is 0. The fraction of sp³-hybridized carbons (Fsp3) is 0.500. The molecule has 1 heterocycles. The number of aryl methyl sites for hydroxylation is 1. The first-order chi connectivity index (χ1) is 9.97. The van der Waals surface area contributed by atoms with Crippen molar-refractivity contribution in [3.8, 4) is 11.4 Å². The number of rotatable bonds is 6. The molecular weight excluding hydrogens is 269 g/mol. The molecule has 0 spiro atoms. The standard InChI is InChI=1S/C16H22FN3O/c1-10(2)4-12(9-18)7-15-19-16(20-21-15)13-5-11(3)6-14(17)8-13/h5-6,8,10,12H,4,7,9,18H2,1-3H3/t12-/m0/s1. The maximum Gasteiger partial charge on any atom is 0.227 e. The molecule has 0 aliphatic heterocycles. The highest BCUT2D eigenvalue weighted by Crippen LogP contribution is 2.21. The number of hydrogen-bond donors (Lipinski definition) is 1. The van der Waals surface area contributed by atoms with Crippen LogP contribution >= 0.6 is 0 Å². The average Bonchev–Trinajstić information content (AvgIpc) is 2.84. The highest BCUT2D eigenvalue weighted by molar-refractivity contribution is 5.55. The molecule has 0 aliphatic carbocycles. The summed E-state index contributed by atoms with van der Waals surface area (Å²) < 4.78 is 18.7. The van der Waals surface area contributed by atoms with Crippen molar-refractivity contribution in [2.75, 3.05) is 6.54 Å². The number of benzene rings is 1. The summed E-state index contributed by atoms with van der Waals surface area (Å²) in [7, 11) is 0. The summed E-state index contributed by atoms with van der Waals surface area (Å²) in [5.41, 5.74) is 7.25. The SMILES string of the molecule is Cc1cc(F)cc(-c2noc(C[C@@H](CN)CC(C)C)n2)c1. The Morgan fingerprint density at radius 2 is 2.05 bits per heavy atom. The van der Waals surface area contributed by atoms with Crippen molar-refractivity contribution in [3.05, 3.63) is 35.5 Å². The maximum absolute atomic E-state index is 13.4. The number of halogens is 1. The monoisotopic (exact) mass is 291 g/mol. The molecule has 5 heteroatoms. The second kappa shape index (κ2) is 6.80. The van der Waals surface area contributed by atoms with Gasteiger partial charge in [-0.15, -0.1) is 0 Å². The van der Waals surface area contributed by atoms with Crippen LogP contribution in [-0.2, 0) is 6.42 Å². The van der Waals surface area contributed by atoms with Crippen molar-refractivity contribution in [3.63, 3.8) is 0 Å². The molecule has 0 saturated heterocycles. The van der Waals surface area contributed by atoms with Gasteiger partial charge in [0.1, 0.15) is 5.82 Å². The molecule has 1 aromatic heterocycles. The third-order valence-corrected chi connectivity index (χ3v) is 3.37.